The van der Waals surface area contributed by atoms with Crippen molar-refractivity contribution in [3.63, 3.8) is 0 Å². The van der Waals surface area contributed by atoms with Gasteiger partial charge in [-0.2, -0.15) is 0 Å². The van der Waals surface area contributed by atoms with Crippen LogP contribution in [0.4, 0.5) is 8.78 Å². The summed E-state index contributed by atoms with van der Waals surface area (Å²) in [5.74, 6) is -0.468. The molecule has 0 bridgehead atoms. The first-order valence-corrected chi connectivity index (χ1v) is 10.4. The number of methoxy groups -OCH3 is 1. The first kappa shape index (κ1) is 23.8. The minimum absolute atomic E-state index is 0.335. The minimum Gasteiger partial charge on any atom is -0.494 e. The number of hydrogen-bond donors (Lipinski definition) is 1. The number of hydrogen-bond acceptors (Lipinski definition) is 4. The van der Waals surface area contributed by atoms with Gasteiger partial charge in [0.25, 0.3) is 0 Å². The largest absolute Gasteiger partial charge is 0.494 e. The van der Waals surface area contributed by atoms with Gasteiger partial charge in [-0.1, -0.05) is 18.2 Å². The zero-order valence-electron chi connectivity index (χ0n) is 18.1. The Kier molecular flexibility index (Phi) is 8.41. The molecule has 0 aliphatic heterocycles. The third-order valence-corrected chi connectivity index (χ3v) is 4.77. The van der Waals surface area contributed by atoms with E-state index >= 15 is 0 Å². The predicted molar refractivity (Wildman–Crippen MR) is 122 cm³/mol. The summed E-state index contributed by atoms with van der Waals surface area (Å²) in [5, 5.41) is 8.72. The molecule has 0 spiro atoms. The van der Waals surface area contributed by atoms with Crippen molar-refractivity contribution in [3.05, 3.63) is 83.9 Å². The highest BCUT2D eigenvalue weighted by Crippen LogP contribution is 2.29. The lowest BCUT2D eigenvalue weighted by Crippen LogP contribution is -2.03. The molecule has 3 rings (SSSR count). The third-order valence-electron chi connectivity index (χ3n) is 4.77. The molecule has 0 atom stereocenters. The highest BCUT2D eigenvalue weighted by Gasteiger charge is 2.07. The average molecular weight is 454 g/mol. The number of rotatable bonds is 11. The molecule has 0 amide bonds. The molecule has 0 radical (unpaired) electrons. The predicted octanol–water partition coefficient (Wildman–Crippen LogP) is 5.98. The summed E-state index contributed by atoms with van der Waals surface area (Å²) in [6.07, 6.45) is 4.05. The van der Waals surface area contributed by atoms with Crippen LogP contribution >= 0.6 is 0 Å². The van der Waals surface area contributed by atoms with Gasteiger partial charge >= 0.3 is 5.97 Å². The third kappa shape index (κ3) is 7.07. The van der Waals surface area contributed by atoms with E-state index in [1.54, 1.807) is 42.5 Å². The Balaban J connectivity index is 1.42. The highest BCUT2D eigenvalue weighted by atomic mass is 19.1. The summed E-state index contributed by atoms with van der Waals surface area (Å²) in [7, 11) is 1.52. The second-order valence-electron chi connectivity index (χ2n) is 7.13. The van der Waals surface area contributed by atoms with Crippen LogP contribution in [0, 0.1) is 11.6 Å². The van der Waals surface area contributed by atoms with Crippen molar-refractivity contribution in [2.24, 2.45) is 0 Å². The first-order valence-electron chi connectivity index (χ1n) is 10.4. The van der Waals surface area contributed by atoms with E-state index < -0.39 is 17.6 Å². The van der Waals surface area contributed by atoms with Crippen molar-refractivity contribution in [2.75, 3.05) is 20.3 Å². The second-order valence-corrected chi connectivity index (χ2v) is 7.13. The minimum atomic E-state index is -1.02. The monoisotopic (exact) mass is 454 g/mol. The molecule has 0 fully saturated rings. The molecule has 0 saturated heterocycles. The van der Waals surface area contributed by atoms with Crippen LogP contribution in [0.15, 0.2) is 66.7 Å². The maximum absolute atomic E-state index is 13.9. The van der Waals surface area contributed by atoms with Crippen LogP contribution in [0.25, 0.3) is 17.2 Å². The van der Waals surface area contributed by atoms with E-state index in [9.17, 15) is 13.6 Å². The first-order chi connectivity index (χ1) is 16.0. The highest BCUT2D eigenvalue weighted by molar-refractivity contribution is 5.85. The van der Waals surface area contributed by atoms with E-state index in [0.29, 0.717) is 47.2 Å². The Morgan fingerprint density at radius 3 is 2.30 bits per heavy atom. The zero-order chi connectivity index (χ0) is 23.6. The number of carbonyl (C=O) groups is 1. The van der Waals surface area contributed by atoms with Crippen molar-refractivity contribution >= 4 is 12.0 Å². The smallest absolute Gasteiger partial charge is 0.328 e. The van der Waals surface area contributed by atoms with Gasteiger partial charge < -0.3 is 19.3 Å². The average Bonchev–Trinajstić information content (AvgIpc) is 2.81. The van der Waals surface area contributed by atoms with Crippen LogP contribution in [0.3, 0.4) is 0 Å². The van der Waals surface area contributed by atoms with E-state index in [1.807, 2.05) is 0 Å². The molecule has 3 aromatic carbocycles. The van der Waals surface area contributed by atoms with Gasteiger partial charge in [-0.15, -0.1) is 0 Å². The van der Waals surface area contributed by atoms with E-state index in [0.717, 1.165) is 25.0 Å². The Bertz CT molecular complexity index is 1110. The summed E-state index contributed by atoms with van der Waals surface area (Å²) in [6, 6.07) is 15.7. The number of unbranched alkanes of at least 4 members (excludes halogenated alkanes) is 1. The van der Waals surface area contributed by atoms with E-state index in [2.05, 4.69) is 0 Å². The molecule has 7 heteroatoms. The quantitative estimate of drug-likeness (QED) is 0.285. The molecular weight excluding hydrogens is 430 g/mol. The standard InChI is InChI=1S/C26H24F2O5/c1-31-25-16-18(5-13-26(29)30)4-12-24(25)33-15-3-2-14-32-21-9-6-19(7-10-21)22-11-8-20(27)17-23(22)28/h4-13,16-17H,2-3,14-15H2,1H3,(H,29,30)/b13-5+. The molecule has 3 aromatic rings. The number of halogens is 2. The fourth-order valence-electron chi connectivity index (χ4n) is 3.11. The zero-order valence-corrected chi connectivity index (χ0v) is 18.1. The van der Waals surface area contributed by atoms with Gasteiger partial charge in [0.1, 0.15) is 17.4 Å². The van der Waals surface area contributed by atoms with Gasteiger partial charge in [0.15, 0.2) is 11.5 Å². The summed E-state index contributed by atoms with van der Waals surface area (Å²) < 4.78 is 43.7. The van der Waals surface area contributed by atoms with Crippen LogP contribution in [-0.2, 0) is 4.79 Å². The van der Waals surface area contributed by atoms with Crippen molar-refractivity contribution in [1.82, 2.24) is 0 Å². The summed E-state index contributed by atoms with van der Waals surface area (Å²) >= 11 is 0. The summed E-state index contributed by atoms with van der Waals surface area (Å²) in [6.45, 7) is 0.955. The number of benzene rings is 3. The van der Waals surface area contributed by atoms with Crippen molar-refractivity contribution in [3.8, 4) is 28.4 Å². The van der Waals surface area contributed by atoms with Crippen molar-refractivity contribution in [1.29, 1.82) is 0 Å². The molecule has 0 aromatic heterocycles. The summed E-state index contributed by atoms with van der Waals surface area (Å²) in [4.78, 5) is 10.6. The molecule has 5 nitrogen and oxygen atoms in total. The van der Waals surface area contributed by atoms with Crippen LogP contribution in [0.2, 0.25) is 0 Å². The van der Waals surface area contributed by atoms with Crippen molar-refractivity contribution < 1.29 is 32.9 Å². The molecule has 33 heavy (non-hydrogen) atoms. The molecule has 0 aliphatic carbocycles. The molecule has 1 N–H and O–H groups in total. The Morgan fingerprint density at radius 1 is 0.909 bits per heavy atom. The van der Waals surface area contributed by atoms with Crippen LogP contribution in [0.5, 0.6) is 17.2 Å². The molecule has 0 unspecified atom stereocenters. The lowest BCUT2D eigenvalue weighted by Gasteiger charge is -2.12. The maximum atomic E-state index is 13.9. The van der Waals surface area contributed by atoms with E-state index in [1.165, 1.54) is 25.3 Å². The molecule has 0 aliphatic rings. The molecule has 172 valence electrons. The van der Waals surface area contributed by atoms with Crippen LogP contribution in [0.1, 0.15) is 18.4 Å². The van der Waals surface area contributed by atoms with Gasteiger partial charge in [-0.25, -0.2) is 13.6 Å². The van der Waals surface area contributed by atoms with Gasteiger partial charge in [0.2, 0.25) is 0 Å². The SMILES string of the molecule is COc1cc(/C=C/C(=O)O)ccc1OCCCCOc1ccc(-c2ccc(F)cc2F)cc1. The van der Waals surface area contributed by atoms with Crippen molar-refractivity contribution in [2.45, 2.75) is 12.8 Å². The topological polar surface area (TPSA) is 65.0 Å². The van der Waals surface area contributed by atoms with E-state index in [-0.39, 0.29) is 0 Å². The van der Waals surface area contributed by atoms with Gasteiger partial charge in [-0.05, 0) is 66.4 Å². The molecule has 0 heterocycles. The normalized spacial score (nSPS) is 10.9. The number of carboxylic acid groups (broad SMARTS) is 1. The Hall–Kier alpha value is -3.87. The van der Waals surface area contributed by atoms with E-state index in [4.69, 9.17) is 19.3 Å². The molecule has 0 saturated carbocycles. The van der Waals surface area contributed by atoms with Gasteiger partial charge in [0, 0.05) is 17.7 Å². The lowest BCUT2D eigenvalue weighted by molar-refractivity contribution is -0.131. The van der Waals surface area contributed by atoms with Gasteiger partial charge in [0.05, 0.1) is 20.3 Å². The fourth-order valence-corrected chi connectivity index (χ4v) is 3.11. The Morgan fingerprint density at radius 2 is 1.64 bits per heavy atom. The summed E-state index contributed by atoms with van der Waals surface area (Å²) in [5.41, 5.74) is 1.68. The number of aliphatic carboxylic acids is 1. The van der Waals surface area contributed by atoms with Crippen LogP contribution < -0.4 is 14.2 Å². The second kappa shape index (κ2) is 11.7. The number of carboxylic acids is 1. The lowest BCUT2D eigenvalue weighted by atomic mass is 10.1. The fraction of sp³-hybridized carbons (Fsp3) is 0.192. The Labute approximate surface area is 190 Å². The van der Waals surface area contributed by atoms with Crippen LogP contribution in [-0.4, -0.2) is 31.4 Å². The number of ether oxygens (including phenoxy) is 3. The maximum Gasteiger partial charge on any atom is 0.328 e. The molecular formula is C26H24F2O5. The van der Waals surface area contributed by atoms with Gasteiger partial charge in [-0.3, -0.25) is 0 Å².